The predicted octanol–water partition coefficient (Wildman–Crippen LogP) is 1.52. The maximum Gasteiger partial charge on any atom is 0.153 e. The highest BCUT2D eigenvalue weighted by Crippen LogP contribution is 2.20. The van der Waals surface area contributed by atoms with Crippen LogP contribution in [-0.2, 0) is 16.1 Å². The van der Waals surface area contributed by atoms with Crippen LogP contribution in [0.3, 0.4) is 0 Å². The number of carbonyl (C=O) groups excluding carboxylic acids is 1. The van der Waals surface area contributed by atoms with Crippen molar-refractivity contribution in [1.82, 2.24) is 5.32 Å². The van der Waals surface area contributed by atoms with Crippen LogP contribution < -0.4 is 5.32 Å². The number of nitrogens with one attached hydrogen (secondary N) is 1. The fourth-order valence-corrected chi connectivity index (χ4v) is 1.96. The van der Waals surface area contributed by atoms with Gasteiger partial charge in [0.25, 0.3) is 0 Å². The van der Waals surface area contributed by atoms with Crippen molar-refractivity contribution in [3.8, 4) is 0 Å². The molecule has 1 heterocycles. The highest BCUT2D eigenvalue weighted by Gasteiger charge is 2.32. The second-order valence-electron chi connectivity index (χ2n) is 4.24. The molecule has 1 saturated heterocycles. The first kappa shape index (κ1) is 11.3. The highest BCUT2D eigenvalue weighted by atomic mass is 16.5. The van der Waals surface area contributed by atoms with Crippen molar-refractivity contribution in [2.75, 3.05) is 13.1 Å². The summed E-state index contributed by atoms with van der Waals surface area (Å²) in [6.45, 7) is 2.11. The lowest BCUT2D eigenvalue weighted by Crippen LogP contribution is -2.48. The van der Waals surface area contributed by atoms with Gasteiger partial charge in [-0.15, -0.1) is 0 Å². The summed E-state index contributed by atoms with van der Waals surface area (Å²) in [6.07, 6.45) is 2.76. The summed E-state index contributed by atoms with van der Waals surface area (Å²) in [7, 11) is 0. The van der Waals surface area contributed by atoms with E-state index in [0.717, 1.165) is 31.2 Å². The van der Waals surface area contributed by atoms with Crippen molar-refractivity contribution in [2.45, 2.75) is 25.0 Å². The highest BCUT2D eigenvalue weighted by molar-refractivity contribution is 5.63. The lowest BCUT2D eigenvalue weighted by Gasteiger charge is -2.32. The van der Waals surface area contributed by atoms with Crippen molar-refractivity contribution in [3.63, 3.8) is 0 Å². The molecule has 1 aromatic carbocycles. The van der Waals surface area contributed by atoms with Crippen molar-refractivity contribution in [3.05, 3.63) is 35.9 Å². The maximum absolute atomic E-state index is 11.1. The van der Waals surface area contributed by atoms with E-state index < -0.39 is 5.60 Å². The summed E-state index contributed by atoms with van der Waals surface area (Å²) < 4.78 is 5.78. The van der Waals surface area contributed by atoms with Gasteiger partial charge in [0.2, 0.25) is 0 Å². The second-order valence-corrected chi connectivity index (χ2v) is 4.24. The number of rotatable bonds is 4. The molecule has 0 radical (unpaired) electrons. The zero-order valence-corrected chi connectivity index (χ0v) is 9.32. The Morgan fingerprint density at radius 1 is 1.38 bits per heavy atom. The molecule has 3 heteroatoms. The fourth-order valence-electron chi connectivity index (χ4n) is 1.96. The van der Waals surface area contributed by atoms with Gasteiger partial charge < -0.3 is 14.8 Å². The van der Waals surface area contributed by atoms with E-state index in [1.165, 1.54) is 0 Å². The molecule has 0 aliphatic carbocycles. The van der Waals surface area contributed by atoms with E-state index in [4.69, 9.17) is 4.74 Å². The average molecular weight is 219 g/mol. The van der Waals surface area contributed by atoms with Crippen LogP contribution in [0, 0.1) is 0 Å². The summed E-state index contributed by atoms with van der Waals surface area (Å²) in [5.74, 6) is 0. The van der Waals surface area contributed by atoms with Gasteiger partial charge in [0.15, 0.2) is 6.29 Å². The number of hydrogen-bond acceptors (Lipinski definition) is 3. The van der Waals surface area contributed by atoms with Crippen LogP contribution in [0.15, 0.2) is 30.3 Å². The van der Waals surface area contributed by atoms with E-state index in [2.05, 4.69) is 5.32 Å². The van der Waals surface area contributed by atoms with Gasteiger partial charge in [-0.3, -0.25) is 0 Å². The number of hydrogen-bond donors (Lipinski definition) is 1. The van der Waals surface area contributed by atoms with Gasteiger partial charge >= 0.3 is 0 Å². The third-order valence-electron chi connectivity index (χ3n) is 2.96. The number of aldehydes is 1. The smallest absolute Gasteiger partial charge is 0.153 e. The average Bonchev–Trinajstić information content (AvgIpc) is 2.39. The van der Waals surface area contributed by atoms with Crippen molar-refractivity contribution < 1.29 is 9.53 Å². The van der Waals surface area contributed by atoms with E-state index in [-0.39, 0.29) is 0 Å². The van der Waals surface area contributed by atoms with E-state index in [1.54, 1.807) is 0 Å². The molecule has 0 aromatic heterocycles. The van der Waals surface area contributed by atoms with Crippen LogP contribution in [0.5, 0.6) is 0 Å². The molecular weight excluding hydrogens is 202 g/mol. The largest absolute Gasteiger partial charge is 0.361 e. The lowest BCUT2D eigenvalue weighted by molar-refractivity contribution is -0.135. The molecule has 3 nitrogen and oxygen atoms in total. The molecule has 0 bridgehead atoms. The van der Waals surface area contributed by atoms with Crippen LogP contribution in [0.4, 0.5) is 0 Å². The van der Waals surface area contributed by atoms with E-state index >= 15 is 0 Å². The summed E-state index contributed by atoms with van der Waals surface area (Å²) >= 11 is 0. The first-order valence-electron chi connectivity index (χ1n) is 5.70. The second kappa shape index (κ2) is 5.23. The topological polar surface area (TPSA) is 38.3 Å². The molecule has 2 rings (SSSR count). The molecule has 1 aliphatic rings. The summed E-state index contributed by atoms with van der Waals surface area (Å²) in [6, 6.07) is 9.95. The molecular formula is C13H17NO2. The Morgan fingerprint density at radius 2 is 2.19 bits per heavy atom. The van der Waals surface area contributed by atoms with Gasteiger partial charge in [0, 0.05) is 6.54 Å². The van der Waals surface area contributed by atoms with Crippen LogP contribution in [-0.4, -0.2) is 25.0 Å². The Hall–Kier alpha value is -1.19. The Kier molecular flexibility index (Phi) is 3.70. The SMILES string of the molecule is O=CC1(OCc2ccccc2)CCCNC1. The molecule has 1 fully saturated rings. The molecule has 1 aromatic rings. The monoisotopic (exact) mass is 219 g/mol. The van der Waals surface area contributed by atoms with Gasteiger partial charge in [-0.2, -0.15) is 0 Å². The summed E-state index contributed by atoms with van der Waals surface area (Å²) in [5.41, 5.74) is 0.489. The van der Waals surface area contributed by atoms with E-state index in [0.29, 0.717) is 13.2 Å². The van der Waals surface area contributed by atoms with Gasteiger partial charge in [-0.1, -0.05) is 30.3 Å². The molecule has 1 unspecified atom stereocenters. The van der Waals surface area contributed by atoms with Gasteiger partial charge in [-0.05, 0) is 24.9 Å². The minimum Gasteiger partial charge on any atom is -0.361 e. The number of carbonyl (C=O) groups is 1. The normalized spacial score (nSPS) is 25.2. The molecule has 1 N–H and O–H groups in total. The third kappa shape index (κ3) is 2.68. The molecule has 1 aliphatic heterocycles. The number of piperidine rings is 1. The van der Waals surface area contributed by atoms with Gasteiger partial charge in [0.1, 0.15) is 5.60 Å². The fraction of sp³-hybridized carbons (Fsp3) is 0.462. The third-order valence-corrected chi connectivity index (χ3v) is 2.96. The Bertz CT molecular complexity index is 331. The van der Waals surface area contributed by atoms with Crippen molar-refractivity contribution >= 4 is 6.29 Å². The molecule has 86 valence electrons. The maximum atomic E-state index is 11.1. The zero-order valence-electron chi connectivity index (χ0n) is 9.32. The Balaban J connectivity index is 1.94. The molecule has 0 saturated carbocycles. The minimum atomic E-state index is -0.617. The standard InChI is InChI=1S/C13H17NO2/c15-11-13(7-4-8-14-10-13)16-9-12-5-2-1-3-6-12/h1-3,5-6,11,14H,4,7-10H2. The van der Waals surface area contributed by atoms with Crippen LogP contribution in [0.25, 0.3) is 0 Å². The Labute approximate surface area is 95.8 Å². The first-order valence-corrected chi connectivity index (χ1v) is 5.70. The minimum absolute atomic E-state index is 0.501. The van der Waals surface area contributed by atoms with Gasteiger partial charge in [0.05, 0.1) is 6.61 Å². The quantitative estimate of drug-likeness (QED) is 0.780. The summed E-state index contributed by atoms with van der Waals surface area (Å²) in [4.78, 5) is 11.1. The number of benzene rings is 1. The van der Waals surface area contributed by atoms with Crippen LogP contribution in [0.2, 0.25) is 0 Å². The van der Waals surface area contributed by atoms with Crippen LogP contribution in [0.1, 0.15) is 18.4 Å². The number of ether oxygens (including phenoxy) is 1. The zero-order chi connectivity index (χ0) is 11.3. The molecule has 0 amide bonds. The van der Waals surface area contributed by atoms with Crippen LogP contribution >= 0.6 is 0 Å². The molecule has 1 atom stereocenters. The lowest BCUT2D eigenvalue weighted by atomic mass is 9.95. The Morgan fingerprint density at radius 3 is 2.81 bits per heavy atom. The summed E-state index contributed by atoms with van der Waals surface area (Å²) in [5, 5.41) is 3.21. The predicted molar refractivity (Wildman–Crippen MR) is 62.1 cm³/mol. The van der Waals surface area contributed by atoms with E-state index in [9.17, 15) is 4.79 Å². The van der Waals surface area contributed by atoms with Crippen molar-refractivity contribution in [2.24, 2.45) is 0 Å². The van der Waals surface area contributed by atoms with Gasteiger partial charge in [-0.25, -0.2) is 0 Å². The molecule has 16 heavy (non-hydrogen) atoms. The first-order chi connectivity index (χ1) is 7.85. The molecule has 0 spiro atoms. The van der Waals surface area contributed by atoms with Crippen molar-refractivity contribution in [1.29, 1.82) is 0 Å². The van der Waals surface area contributed by atoms with E-state index in [1.807, 2.05) is 30.3 Å².